The van der Waals surface area contributed by atoms with E-state index >= 15 is 0 Å². The maximum atomic E-state index is 9.87. The quantitative estimate of drug-likeness (QED) is 0.436. The molecule has 0 spiro atoms. The largest absolute Gasteiger partial charge is 0.168 e. The van der Waals surface area contributed by atoms with E-state index in [-0.39, 0.29) is 0 Å². The fourth-order valence-corrected chi connectivity index (χ4v) is 1.41. The van der Waals surface area contributed by atoms with Gasteiger partial charge in [-0.05, 0) is 12.8 Å². The number of carbonyl (C=O) groups is 1. The molecule has 2 rings (SSSR count). The number of hydrogen-bond acceptors (Lipinski definition) is 1. The molecule has 122 valence electrons. The van der Waals surface area contributed by atoms with Crippen molar-refractivity contribution in [1.82, 2.24) is 0 Å². The Morgan fingerprint density at radius 1 is 1.27 bits per heavy atom. The minimum absolute atomic E-state index is 0.427. The maximum Gasteiger partial charge on any atom is -0.0809 e. The zero-order valence-corrected chi connectivity index (χ0v) is 17.4. The van der Waals surface area contributed by atoms with Gasteiger partial charge in [0.25, 0.3) is 0 Å². The number of hydrogen-bond donors (Lipinski definition) is 0. The Morgan fingerprint density at radius 3 is 2.23 bits per heavy atom. The van der Waals surface area contributed by atoms with Crippen LogP contribution in [0.3, 0.4) is 0 Å². The number of benzene rings is 1. The molecule has 0 aliphatic carbocycles. The van der Waals surface area contributed by atoms with Gasteiger partial charge in [-0.15, -0.1) is 29.7 Å². The first-order valence-corrected chi connectivity index (χ1v) is 13.3. The molecule has 0 aliphatic heterocycles. The van der Waals surface area contributed by atoms with Gasteiger partial charge >= 0.3 is 35.6 Å². The zero-order valence-electron chi connectivity index (χ0n) is 13.3. The number of amides is 1. The van der Waals surface area contributed by atoms with Crippen LogP contribution in [0, 0.1) is 0 Å². The van der Waals surface area contributed by atoms with Gasteiger partial charge in [-0.25, -0.2) is 0 Å². The predicted octanol–water partition coefficient (Wildman–Crippen LogP) is 6.48. The number of nitrogens with one attached hydrogen (secondary N) is 1. The molecule has 2 aromatic rings. The number of unbranched alkanes of at least 4 members (excludes halogenated alkanes) is 1. The molecule has 0 fully saturated rings. The number of halogens is 2. The number of carbonyl (C=O) groups excluding carboxylic acids is 1. The van der Waals surface area contributed by atoms with E-state index < -0.39 is 22.9 Å². The normalized spacial score (nSPS) is 8.41. The van der Waals surface area contributed by atoms with E-state index in [9.17, 15) is 4.79 Å². The molecule has 0 atom stereocenters. The summed E-state index contributed by atoms with van der Waals surface area (Å²) in [7, 11) is 10.9. The molecule has 0 bridgehead atoms. The Kier molecular flexibility index (Phi) is 20.6. The second kappa shape index (κ2) is 18.9. The molecular formula is C16H23Cl2NOSiTi-2. The van der Waals surface area contributed by atoms with E-state index in [1.54, 1.807) is 0 Å². The summed E-state index contributed by atoms with van der Waals surface area (Å²) in [4.78, 5) is 9.87. The first-order chi connectivity index (χ1) is 10.6. The van der Waals surface area contributed by atoms with E-state index in [0.29, 0.717) is 6.42 Å². The van der Waals surface area contributed by atoms with Gasteiger partial charge in [0.15, 0.2) is 0 Å². The van der Waals surface area contributed by atoms with Gasteiger partial charge in [-0.2, -0.15) is 17.5 Å². The minimum atomic E-state index is -0.556. The fourth-order valence-electron chi connectivity index (χ4n) is 1.41. The third kappa shape index (κ3) is 16.2. The van der Waals surface area contributed by atoms with Crippen molar-refractivity contribution < 1.29 is 21.8 Å². The SMILES string of the molecule is CCCCC([NH-])=O.C[Si]C.[Cl][Ti][Cl].c1ccc2[cH-]ccc2c1. The average Bonchev–Trinajstić information content (AvgIpc) is 2.96. The van der Waals surface area contributed by atoms with Gasteiger partial charge in [-0.1, -0.05) is 32.5 Å². The van der Waals surface area contributed by atoms with Crippen LogP contribution in [-0.4, -0.2) is 15.4 Å². The molecule has 0 heterocycles. The zero-order chi connectivity index (χ0) is 17.2. The van der Waals surface area contributed by atoms with Gasteiger partial charge < -0.3 is 10.5 Å². The average molecular weight is 392 g/mol. The second-order valence-electron chi connectivity index (χ2n) is 4.25. The monoisotopic (exact) mass is 391 g/mol. The fraction of sp³-hybridized carbons (Fsp3) is 0.375. The van der Waals surface area contributed by atoms with Crippen LogP contribution in [0.15, 0.2) is 42.5 Å². The maximum absolute atomic E-state index is 9.87. The van der Waals surface area contributed by atoms with Crippen molar-refractivity contribution >= 4 is 44.8 Å². The smallest absolute Gasteiger partial charge is 0.0809 e. The number of fused-ring (bicyclic) bond motifs is 1. The van der Waals surface area contributed by atoms with Gasteiger partial charge in [0.05, 0.1) is 0 Å². The summed E-state index contributed by atoms with van der Waals surface area (Å²) in [6.07, 6.45) is 2.30. The molecule has 1 N–H and O–H groups in total. The van der Waals surface area contributed by atoms with Crippen molar-refractivity contribution in [2.45, 2.75) is 39.3 Å². The van der Waals surface area contributed by atoms with Crippen LogP contribution in [-0.2, 0) is 21.8 Å². The van der Waals surface area contributed by atoms with E-state index in [1.807, 2.05) is 6.92 Å². The molecule has 2 aromatic carbocycles. The van der Waals surface area contributed by atoms with E-state index in [0.717, 1.165) is 22.4 Å². The Morgan fingerprint density at radius 2 is 1.82 bits per heavy atom. The molecule has 0 saturated carbocycles. The van der Waals surface area contributed by atoms with Crippen LogP contribution in [0.4, 0.5) is 0 Å². The van der Waals surface area contributed by atoms with Gasteiger partial charge in [0.2, 0.25) is 0 Å². The molecule has 0 aliphatic rings. The van der Waals surface area contributed by atoms with Crippen molar-refractivity contribution in [2.24, 2.45) is 0 Å². The predicted molar refractivity (Wildman–Crippen MR) is 97.6 cm³/mol. The Hall–Kier alpha value is -0.189. The summed E-state index contributed by atoms with van der Waals surface area (Å²) in [5, 5.41) is 2.66. The van der Waals surface area contributed by atoms with Crippen LogP contribution in [0.25, 0.3) is 16.5 Å². The first kappa shape index (κ1) is 24.1. The van der Waals surface area contributed by atoms with Crippen LogP contribution in [0.2, 0.25) is 13.1 Å². The molecule has 0 saturated heterocycles. The summed E-state index contributed by atoms with van der Waals surface area (Å²) < 4.78 is 0. The van der Waals surface area contributed by atoms with Gasteiger partial charge in [0, 0.05) is 15.4 Å². The second-order valence-corrected chi connectivity index (χ2v) is 7.83. The molecule has 2 radical (unpaired) electrons. The van der Waals surface area contributed by atoms with Crippen molar-refractivity contribution in [2.75, 3.05) is 0 Å². The summed E-state index contributed by atoms with van der Waals surface area (Å²) in [6.45, 7) is 6.31. The third-order valence-electron chi connectivity index (χ3n) is 2.30. The van der Waals surface area contributed by atoms with Crippen molar-refractivity contribution in [1.29, 1.82) is 0 Å². The molecular weight excluding hydrogens is 369 g/mol. The van der Waals surface area contributed by atoms with Crippen LogP contribution >= 0.6 is 18.6 Å². The van der Waals surface area contributed by atoms with E-state index in [4.69, 9.17) is 24.3 Å². The van der Waals surface area contributed by atoms with Crippen molar-refractivity contribution in [3.63, 3.8) is 0 Å². The summed E-state index contributed by atoms with van der Waals surface area (Å²) in [5.41, 5.74) is 6.44. The molecule has 22 heavy (non-hydrogen) atoms. The van der Waals surface area contributed by atoms with Gasteiger partial charge in [0.1, 0.15) is 0 Å². The standard InChI is InChI=1S/C9H7.C5H11NO.C2H6Si.2ClH.Ti/c1-2-5-9-7-3-6-8(9)4-1;1-2-3-4-5(6)7;1-3-2;;;/h1-7H;2-4H2,1H3,(H2,6,7);1-2H3;2*1H;/q-1;;;;;+2/p-3. The molecule has 6 heteroatoms. The summed E-state index contributed by atoms with van der Waals surface area (Å²) in [6, 6.07) is 14.7. The first-order valence-electron chi connectivity index (χ1n) is 6.96. The Bertz CT molecular complexity index is 448. The van der Waals surface area contributed by atoms with E-state index in [2.05, 4.69) is 55.6 Å². The summed E-state index contributed by atoms with van der Waals surface area (Å²) in [5.74, 6) is -0.443. The third-order valence-corrected chi connectivity index (χ3v) is 2.30. The van der Waals surface area contributed by atoms with Gasteiger partial charge in [-0.3, -0.25) is 0 Å². The molecule has 0 aromatic heterocycles. The topological polar surface area (TPSA) is 40.9 Å². The summed E-state index contributed by atoms with van der Waals surface area (Å²) >= 11 is -0.556. The van der Waals surface area contributed by atoms with Crippen LogP contribution < -0.4 is 0 Å². The minimum Gasteiger partial charge on any atom is -0.168 e. The van der Waals surface area contributed by atoms with Crippen LogP contribution in [0.5, 0.6) is 0 Å². The molecule has 2 nitrogen and oxygen atoms in total. The van der Waals surface area contributed by atoms with Crippen molar-refractivity contribution in [3.05, 3.63) is 48.2 Å². The number of rotatable bonds is 3. The Labute approximate surface area is 153 Å². The molecule has 0 unspecified atom stereocenters. The van der Waals surface area contributed by atoms with E-state index in [1.165, 1.54) is 10.8 Å². The van der Waals surface area contributed by atoms with Crippen LogP contribution in [0.1, 0.15) is 26.2 Å². The molecule has 1 amide bonds. The van der Waals surface area contributed by atoms with Crippen molar-refractivity contribution in [3.8, 4) is 0 Å². The Balaban J connectivity index is 0.